The van der Waals surface area contributed by atoms with E-state index in [1.54, 1.807) is 0 Å². The van der Waals surface area contributed by atoms with E-state index in [4.69, 9.17) is 0 Å². The lowest BCUT2D eigenvalue weighted by atomic mass is 10.1. The molecular formula is C29H26F2O5S2. The van der Waals surface area contributed by atoms with Crippen LogP contribution in [0.15, 0.2) is 136 Å². The summed E-state index contributed by atoms with van der Waals surface area (Å²) < 4.78 is 33.6. The van der Waals surface area contributed by atoms with Crippen molar-refractivity contribution in [1.29, 1.82) is 0 Å². The normalized spacial score (nSPS) is 10.9. The van der Waals surface area contributed by atoms with Crippen LogP contribution in [0.25, 0.3) is 0 Å². The van der Waals surface area contributed by atoms with Crippen molar-refractivity contribution in [3.05, 3.63) is 127 Å². The molecule has 0 N–H and O–H groups in total. The molecule has 0 heterocycles. The Balaban J connectivity index is 0.000000211. The summed E-state index contributed by atoms with van der Waals surface area (Å²) in [6.07, 6.45) is 1.02. The number of alkyl halides is 2. The molecule has 9 heteroatoms. The molecule has 0 radical (unpaired) electrons. The predicted octanol–water partition coefficient (Wildman–Crippen LogP) is 6.41. The van der Waals surface area contributed by atoms with E-state index in [9.17, 15) is 18.8 Å². The van der Waals surface area contributed by atoms with Crippen molar-refractivity contribution in [2.45, 2.75) is 32.8 Å². The molecule has 0 bridgehead atoms. The fraction of sp³-hybridized carbons (Fsp3) is 0.138. The number of carbonyl (C=O) groups is 1. The molecular weight excluding hydrogens is 530 g/mol. The Morgan fingerprint density at radius 3 is 1.58 bits per heavy atom. The molecule has 0 saturated carbocycles. The molecule has 0 amide bonds. The largest absolute Gasteiger partial charge is 0.691 e. The highest BCUT2D eigenvalue weighted by molar-refractivity contribution is 7.97. The molecule has 0 aromatic heterocycles. The molecule has 198 valence electrons. The zero-order valence-corrected chi connectivity index (χ0v) is 21.9. The first kappa shape index (κ1) is 29.3. The summed E-state index contributed by atoms with van der Waals surface area (Å²) in [5.41, 5.74) is 1.02. The fourth-order valence-corrected chi connectivity index (χ4v) is 5.68. The molecule has 5 nitrogen and oxygen atoms in total. The Bertz CT molecular complexity index is 1110. The van der Waals surface area contributed by atoms with Crippen LogP contribution in [0.5, 0.6) is 0 Å². The summed E-state index contributed by atoms with van der Waals surface area (Å²) in [5.74, 6) is -1.78. The van der Waals surface area contributed by atoms with Crippen molar-refractivity contribution in [2.75, 3.05) is 6.61 Å². The van der Waals surface area contributed by atoms with Gasteiger partial charge >= 0.3 is 11.2 Å². The van der Waals surface area contributed by atoms with Gasteiger partial charge in [-0.15, -0.1) is 0 Å². The lowest BCUT2D eigenvalue weighted by Gasteiger charge is -2.13. The lowest BCUT2D eigenvalue weighted by molar-refractivity contribution is -0.777. The second kappa shape index (κ2) is 15.9. The van der Waals surface area contributed by atoms with Gasteiger partial charge in [0.05, 0.1) is 17.5 Å². The van der Waals surface area contributed by atoms with Crippen LogP contribution in [0.4, 0.5) is 8.78 Å². The summed E-state index contributed by atoms with van der Waals surface area (Å²) in [6.45, 7) is -0.151. The topological polar surface area (TPSA) is 67.8 Å². The predicted molar refractivity (Wildman–Crippen MR) is 142 cm³/mol. The minimum atomic E-state index is -3.98. The molecule has 38 heavy (non-hydrogen) atoms. The van der Waals surface area contributed by atoms with E-state index in [1.165, 1.54) is 14.7 Å². The van der Waals surface area contributed by atoms with Gasteiger partial charge in [-0.1, -0.05) is 84.9 Å². The maximum absolute atomic E-state index is 12.9. The minimum Gasteiger partial charge on any atom is -0.691 e. The molecule has 4 aromatic rings. The first-order valence-electron chi connectivity index (χ1n) is 11.6. The fourth-order valence-electron chi connectivity index (χ4n) is 3.34. The zero-order chi connectivity index (χ0) is 27.1. The summed E-state index contributed by atoms with van der Waals surface area (Å²) in [7, 11) is -0.0146. The van der Waals surface area contributed by atoms with Gasteiger partial charge in [0.15, 0.2) is 14.7 Å². The first-order valence-corrected chi connectivity index (χ1v) is 13.6. The van der Waals surface area contributed by atoms with Gasteiger partial charge in [0.25, 0.3) is 0 Å². The second-order valence-electron chi connectivity index (χ2n) is 7.71. The van der Waals surface area contributed by atoms with Gasteiger partial charge in [-0.05, 0) is 54.8 Å². The standard InChI is InChI=1S/C18H15S.C11H12F2O5S/c1-4-10-16(11-5-1)19(17-12-6-2-7-13-17)18-14-8-3-9-15-18;12-11(13,19-18-17-15)10(14)16-8-4-7-9-5-2-1-3-6-9/h1-15H;1-3,5-6,15H,4,7-8H2/q+1;/p-1. The van der Waals surface area contributed by atoms with E-state index in [0.29, 0.717) is 12.8 Å². The van der Waals surface area contributed by atoms with Crippen LogP contribution < -0.4 is 5.26 Å². The van der Waals surface area contributed by atoms with Crippen molar-refractivity contribution in [3.63, 3.8) is 0 Å². The smallest absolute Gasteiger partial charge is 0.415 e. The number of carbonyl (C=O) groups excluding carboxylic acids is 1. The average Bonchev–Trinajstić information content (AvgIpc) is 2.97. The van der Waals surface area contributed by atoms with Crippen LogP contribution in [-0.4, -0.2) is 17.8 Å². The minimum absolute atomic E-state index is 0.0146. The highest BCUT2D eigenvalue weighted by Crippen LogP contribution is 2.31. The molecule has 0 saturated heterocycles. The zero-order valence-electron chi connectivity index (χ0n) is 20.3. The quantitative estimate of drug-likeness (QED) is 0.0531. The van der Waals surface area contributed by atoms with Gasteiger partial charge in [0, 0.05) is 0 Å². The van der Waals surface area contributed by atoms with E-state index in [0.717, 1.165) is 5.56 Å². The Morgan fingerprint density at radius 1 is 0.737 bits per heavy atom. The van der Waals surface area contributed by atoms with Gasteiger partial charge in [-0.2, -0.15) is 13.1 Å². The number of rotatable bonds is 11. The Morgan fingerprint density at radius 2 is 1.16 bits per heavy atom. The van der Waals surface area contributed by atoms with E-state index >= 15 is 0 Å². The number of ether oxygens (including phenoxy) is 1. The summed E-state index contributed by atoms with van der Waals surface area (Å²) >= 11 is -0.701. The highest BCUT2D eigenvalue weighted by Gasteiger charge is 2.43. The van der Waals surface area contributed by atoms with Crippen molar-refractivity contribution >= 4 is 28.9 Å². The molecule has 0 aliphatic carbocycles. The maximum atomic E-state index is 12.9. The van der Waals surface area contributed by atoms with E-state index < -0.39 is 23.3 Å². The van der Waals surface area contributed by atoms with Gasteiger partial charge in [-0.3, -0.25) is 5.04 Å². The number of halogens is 2. The molecule has 0 spiro atoms. The van der Waals surface area contributed by atoms with Gasteiger partial charge in [-0.25, -0.2) is 4.79 Å². The number of hydrogen-bond donors (Lipinski definition) is 0. The van der Waals surface area contributed by atoms with Crippen LogP contribution in [0.1, 0.15) is 12.0 Å². The van der Waals surface area contributed by atoms with Crippen molar-refractivity contribution < 1.29 is 32.9 Å². The van der Waals surface area contributed by atoms with Gasteiger partial charge in [0.2, 0.25) is 0 Å². The van der Waals surface area contributed by atoms with Crippen LogP contribution in [-0.2, 0) is 36.2 Å². The molecule has 4 aromatic carbocycles. The van der Waals surface area contributed by atoms with Gasteiger partial charge in [0.1, 0.15) is 12.0 Å². The molecule has 0 unspecified atom stereocenters. The molecule has 0 aliphatic heterocycles. The van der Waals surface area contributed by atoms with Crippen LogP contribution in [0, 0.1) is 0 Å². The molecule has 4 rings (SSSR count). The number of aryl methyl sites for hydroxylation is 1. The van der Waals surface area contributed by atoms with E-state index in [2.05, 4.69) is 105 Å². The maximum Gasteiger partial charge on any atom is 0.415 e. The molecule has 0 atom stereocenters. The second-order valence-corrected chi connectivity index (χ2v) is 10.5. The number of esters is 1. The van der Waals surface area contributed by atoms with Crippen LogP contribution in [0.2, 0.25) is 0 Å². The molecule has 0 aliphatic rings. The summed E-state index contributed by atoms with van der Waals surface area (Å²) in [4.78, 5) is 15.0. The van der Waals surface area contributed by atoms with Crippen LogP contribution >= 0.6 is 12.0 Å². The van der Waals surface area contributed by atoms with E-state index in [1.807, 2.05) is 30.3 Å². The third kappa shape index (κ3) is 9.59. The van der Waals surface area contributed by atoms with Crippen molar-refractivity contribution in [3.8, 4) is 0 Å². The monoisotopic (exact) mass is 556 g/mol. The Hall–Kier alpha value is -3.21. The Kier molecular flexibility index (Phi) is 12.3. The summed E-state index contributed by atoms with van der Waals surface area (Å²) in [5, 5.41) is 8.15. The highest BCUT2D eigenvalue weighted by atomic mass is 32.2. The average molecular weight is 557 g/mol. The van der Waals surface area contributed by atoms with Crippen LogP contribution in [0.3, 0.4) is 0 Å². The van der Waals surface area contributed by atoms with Gasteiger partial charge < -0.3 is 9.99 Å². The third-order valence-corrected chi connectivity index (χ3v) is 7.76. The lowest BCUT2D eigenvalue weighted by Crippen LogP contribution is -2.28. The third-order valence-electron chi connectivity index (χ3n) is 5.03. The number of hydrogen-bond acceptors (Lipinski definition) is 6. The summed E-state index contributed by atoms with van der Waals surface area (Å²) in [6, 6.07) is 41.5. The number of benzene rings is 4. The van der Waals surface area contributed by atoms with Crippen molar-refractivity contribution in [1.82, 2.24) is 0 Å². The van der Waals surface area contributed by atoms with E-state index in [-0.39, 0.29) is 17.5 Å². The SMILES string of the molecule is O=C(OCCCc1ccccc1)C(F)(F)SOO[O-].c1ccc([S+](c2ccccc2)c2ccccc2)cc1. The Labute approximate surface area is 227 Å². The van der Waals surface area contributed by atoms with Crippen molar-refractivity contribution in [2.24, 2.45) is 0 Å². The molecule has 0 fully saturated rings. The first-order chi connectivity index (χ1) is 18.5.